The van der Waals surface area contributed by atoms with E-state index in [1.165, 1.54) is 30.3 Å². The van der Waals surface area contributed by atoms with Crippen molar-refractivity contribution in [1.29, 1.82) is 0 Å². The molecule has 0 aliphatic carbocycles. The molecule has 1 N–H and O–H groups in total. The second kappa shape index (κ2) is 9.67. The Hall–Kier alpha value is -3.67. The van der Waals surface area contributed by atoms with Crippen LogP contribution in [0.5, 0.6) is 5.75 Å². The van der Waals surface area contributed by atoms with Gasteiger partial charge >= 0.3 is 10.1 Å². The number of carbonyl (C=O) groups excluding carboxylic acids is 1. The monoisotopic (exact) mass is 515 g/mol. The van der Waals surface area contributed by atoms with Gasteiger partial charge in [0.25, 0.3) is 11.6 Å². The highest BCUT2D eigenvalue weighted by Crippen LogP contribution is 2.32. The van der Waals surface area contributed by atoms with E-state index < -0.39 is 20.9 Å². The molecule has 172 valence electrons. The lowest BCUT2D eigenvalue weighted by atomic mass is 10.2. The number of nitro benzene ring substituents is 1. The van der Waals surface area contributed by atoms with Gasteiger partial charge < -0.3 is 9.50 Å². The first-order chi connectivity index (χ1) is 16.2. The molecule has 0 saturated carbocycles. The Morgan fingerprint density at radius 2 is 1.79 bits per heavy atom. The molecule has 1 amide bonds. The molecule has 1 aliphatic rings. The number of amidine groups is 1. The molecule has 1 aliphatic heterocycles. The van der Waals surface area contributed by atoms with Gasteiger partial charge in [-0.3, -0.25) is 14.9 Å². The zero-order valence-electron chi connectivity index (χ0n) is 17.0. The topological polar surface area (TPSA) is 128 Å². The summed E-state index contributed by atoms with van der Waals surface area (Å²) >= 11 is 6.95. The van der Waals surface area contributed by atoms with E-state index >= 15 is 0 Å². The van der Waals surface area contributed by atoms with Crippen LogP contribution in [0.25, 0.3) is 6.08 Å². The first-order valence-corrected chi connectivity index (χ1v) is 12.1. The lowest BCUT2D eigenvalue weighted by molar-refractivity contribution is -0.385. The van der Waals surface area contributed by atoms with Gasteiger partial charge in [0.2, 0.25) is 0 Å². The van der Waals surface area contributed by atoms with Gasteiger partial charge in [0.05, 0.1) is 15.5 Å². The van der Waals surface area contributed by atoms with Crippen molar-refractivity contribution in [2.75, 3.05) is 0 Å². The molecule has 1 heterocycles. The van der Waals surface area contributed by atoms with Crippen molar-refractivity contribution in [3.63, 3.8) is 0 Å². The number of rotatable bonds is 6. The van der Waals surface area contributed by atoms with Crippen molar-refractivity contribution in [3.05, 3.63) is 98.4 Å². The number of amides is 1. The summed E-state index contributed by atoms with van der Waals surface area (Å²) < 4.78 is 30.7. The third-order valence-electron chi connectivity index (χ3n) is 4.43. The Morgan fingerprint density at radius 3 is 2.53 bits per heavy atom. The molecule has 1 saturated heterocycles. The molecule has 34 heavy (non-hydrogen) atoms. The smallest absolute Gasteiger partial charge is 0.339 e. The fourth-order valence-electron chi connectivity index (χ4n) is 2.85. The van der Waals surface area contributed by atoms with E-state index in [4.69, 9.17) is 15.8 Å². The standard InChI is InChI=1S/C22H14ClN3O6S2/c23-15-8-10-16(11-9-15)24-22-25-21(27)20(33-22)12-14-4-1-2-7-19(14)32-34(30,31)18-6-3-5-17(13-18)26(28)29/h1-13H,(H,24,25,27)/b20-12-. The van der Waals surface area contributed by atoms with E-state index in [1.54, 1.807) is 42.5 Å². The van der Waals surface area contributed by atoms with Gasteiger partial charge in [0.15, 0.2) is 5.17 Å². The number of para-hydroxylation sites is 1. The summed E-state index contributed by atoms with van der Waals surface area (Å²) in [5.74, 6) is -0.452. The SMILES string of the molecule is O=C1NC(=Nc2ccc(Cl)cc2)S/C1=C\c1ccccc1OS(=O)(=O)c1cccc([N+](=O)[O-])c1. The van der Waals surface area contributed by atoms with Crippen molar-refractivity contribution in [2.45, 2.75) is 4.90 Å². The third kappa shape index (κ3) is 5.45. The highest BCUT2D eigenvalue weighted by molar-refractivity contribution is 8.18. The van der Waals surface area contributed by atoms with Crippen LogP contribution >= 0.6 is 23.4 Å². The van der Waals surface area contributed by atoms with Gasteiger partial charge in [-0.15, -0.1) is 0 Å². The fourth-order valence-corrected chi connectivity index (χ4v) is 4.80. The van der Waals surface area contributed by atoms with Crippen LogP contribution in [-0.4, -0.2) is 24.4 Å². The molecular weight excluding hydrogens is 502 g/mol. The first kappa shape index (κ1) is 23.5. The minimum Gasteiger partial charge on any atom is -0.378 e. The van der Waals surface area contributed by atoms with Crippen LogP contribution in [0.1, 0.15) is 5.56 Å². The molecule has 3 aromatic rings. The second-order valence-electron chi connectivity index (χ2n) is 6.79. The maximum absolute atomic E-state index is 12.7. The Labute approximate surface area is 203 Å². The Balaban J connectivity index is 1.60. The molecule has 12 heteroatoms. The second-order valence-corrected chi connectivity index (χ2v) is 9.80. The highest BCUT2D eigenvalue weighted by atomic mass is 35.5. The number of halogens is 1. The molecule has 0 unspecified atom stereocenters. The Bertz CT molecular complexity index is 1450. The summed E-state index contributed by atoms with van der Waals surface area (Å²) in [6, 6.07) is 17.5. The molecule has 0 spiro atoms. The quantitative estimate of drug-likeness (QED) is 0.214. The molecule has 9 nitrogen and oxygen atoms in total. The lowest BCUT2D eigenvalue weighted by Crippen LogP contribution is -2.19. The van der Waals surface area contributed by atoms with Crippen LogP contribution < -0.4 is 9.50 Å². The van der Waals surface area contributed by atoms with Gasteiger partial charge in [-0.1, -0.05) is 35.9 Å². The van der Waals surface area contributed by atoms with Crippen molar-refractivity contribution >= 4 is 62.0 Å². The van der Waals surface area contributed by atoms with Crippen LogP contribution in [0.3, 0.4) is 0 Å². The predicted molar refractivity (Wildman–Crippen MR) is 130 cm³/mol. The summed E-state index contributed by atoms with van der Waals surface area (Å²) in [6.45, 7) is 0. The largest absolute Gasteiger partial charge is 0.378 e. The number of hydrogen-bond acceptors (Lipinski definition) is 8. The van der Waals surface area contributed by atoms with E-state index in [0.29, 0.717) is 21.4 Å². The fraction of sp³-hybridized carbons (Fsp3) is 0. The zero-order valence-corrected chi connectivity index (χ0v) is 19.4. The summed E-state index contributed by atoms with van der Waals surface area (Å²) in [6.07, 6.45) is 1.47. The average Bonchev–Trinajstić information content (AvgIpc) is 3.15. The van der Waals surface area contributed by atoms with Crippen molar-refractivity contribution in [1.82, 2.24) is 5.32 Å². The van der Waals surface area contributed by atoms with E-state index in [9.17, 15) is 23.3 Å². The van der Waals surface area contributed by atoms with Gasteiger partial charge in [-0.25, -0.2) is 4.99 Å². The van der Waals surface area contributed by atoms with E-state index in [1.807, 2.05) is 0 Å². The molecule has 4 rings (SSSR count). The summed E-state index contributed by atoms with van der Waals surface area (Å²) in [5, 5.41) is 14.5. The minimum atomic E-state index is -4.37. The number of nitrogens with one attached hydrogen (secondary N) is 1. The van der Waals surface area contributed by atoms with Crippen LogP contribution in [0.2, 0.25) is 5.02 Å². The first-order valence-electron chi connectivity index (χ1n) is 9.54. The molecule has 1 fully saturated rings. The summed E-state index contributed by atoms with van der Waals surface area (Å²) in [4.78, 5) is 27.0. The Kier molecular flexibility index (Phi) is 6.68. The van der Waals surface area contributed by atoms with Crippen LogP contribution in [0, 0.1) is 10.1 Å². The number of benzene rings is 3. The van der Waals surface area contributed by atoms with Crippen molar-refractivity contribution in [3.8, 4) is 5.75 Å². The zero-order chi connectivity index (χ0) is 24.3. The van der Waals surface area contributed by atoms with Gasteiger partial charge in [-0.05, 0) is 54.2 Å². The molecular formula is C22H14ClN3O6S2. The highest BCUT2D eigenvalue weighted by Gasteiger charge is 2.25. The maximum Gasteiger partial charge on any atom is 0.339 e. The number of nitrogens with zero attached hydrogens (tertiary/aromatic N) is 2. The van der Waals surface area contributed by atoms with Crippen molar-refractivity contribution in [2.24, 2.45) is 4.99 Å². The molecule has 3 aromatic carbocycles. The molecule has 0 atom stereocenters. The van der Waals surface area contributed by atoms with Gasteiger partial charge in [0.1, 0.15) is 10.6 Å². The summed E-state index contributed by atoms with van der Waals surface area (Å²) in [5.41, 5.74) is 0.536. The molecule has 0 bridgehead atoms. The van der Waals surface area contributed by atoms with E-state index in [0.717, 1.165) is 17.8 Å². The molecule has 0 aromatic heterocycles. The number of carbonyl (C=O) groups is 1. The lowest BCUT2D eigenvalue weighted by Gasteiger charge is -2.09. The number of nitro groups is 1. The number of aliphatic imine (C=N–C) groups is 1. The number of hydrogen-bond donors (Lipinski definition) is 1. The Morgan fingerprint density at radius 1 is 1.06 bits per heavy atom. The van der Waals surface area contributed by atoms with Crippen LogP contribution in [-0.2, 0) is 14.9 Å². The normalized spacial score (nSPS) is 16.0. The van der Waals surface area contributed by atoms with Crippen LogP contribution in [0.15, 0.2) is 87.6 Å². The van der Waals surface area contributed by atoms with Gasteiger partial charge in [0, 0.05) is 22.7 Å². The van der Waals surface area contributed by atoms with Crippen molar-refractivity contribution < 1.29 is 22.3 Å². The van der Waals surface area contributed by atoms with Crippen LogP contribution in [0.4, 0.5) is 11.4 Å². The summed E-state index contributed by atoms with van der Waals surface area (Å²) in [7, 11) is -4.37. The molecule has 0 radical (unpaired) electrons. The van der Waals surface area contributed by atoms with Gasteiger partial charge in [-0.2, -0.15) is 8.42 Å². The number of thioether (sulfide) groups is 1. The van der Waals surface area contributed by atoms with E-state index in [2.05, 4.69) is 10.3 Å². The third-order valence-corrected chi connectivity index (χ3v) is 6.82. The van der Waals surface area contributed by atoms with E-state index in [-0.39, 0.29) is 21.2 Å². The minimum absolute atomic E-state index is 0.0435. The predicted octanol–water partition coefficient (Wildman–Crippen LogP) is 4.91. The number of non-ortho nitro benzene ring substituents is 1. The average molecular weight is 516 g/mol. The maximum atomic E-state index is 12.7.